The van der Waals surface area contributed by atoms with Crippen LogP contribution in [0.3, 0.4) is 0 Å². The molecule has 47 heavy (non-hydrogen) atoms. The van der Waals surface area contributed by atoms with Crippen LogP contribution in [0.25, 0.3) is 11.2 Å². The number of methoxy groups -OCH3 is 2. The second-order valence-electron chi connectivity index (χ2n) is 11.7. The van der Waals surface area contributed by atoms with Crippen LogP contribution < -0.4 is 20.9 Å². The third kappa shape index (κ3) is 6.03. The number of anilines is 1. The molecule has 0 radical (unpaired) electrons. The maximum absolute atomic E-state index is 12.9. The van der Waals surface area contributed by atoms with Gasteiger partial charge < -0.3 is 19.3 Å². The van der Waals surface area contributed by atoms with Crippen LogP contribution in [0.1, 0.15) is 36.8 Å². The summed E-state index contributed by atoms with van der Waals surface area (Å²) in [6, 6.07) is 28.1. The number of imidazole rings is 1. The summed E-state index contributed by atoms with van der Waals surface area (Å²) in [5.41, 5.74) is 1.83. The Morgan fingerprint density at radius 1 is 1.00 bits per heavy atom. The van der Waals surface area contributed by atoms with Crippen molar-refractivity contribution in [1.29, 1.82) is 0 Å². The predicted molar refractivity (Wildman–Crippen MR) is 176 cm³/mol. The van der Waals surface area contributed by atoms with Crippen molar-refractivity contribution in [3.05, 3.63) is 118 Å². The predicted octanol–water partition coefficient (Wildman–Crippen LogP) is 3.58. The van der Waals surface area contributed by atoms with Gasteiger partial charge in [0, 0.05) is 19.6 Å². The van der Waals surface area contributed by atoms with Gasteiger partial charge in [0.25, 0.3) is 5.56 Å². The van der Waals surface area contributed by atoms with E-state index in [9.17, 15) is 14.7 Å². The number of ether oxygens (including phenoxy) is 3. The fraction of sp³-hybridized carbons (Fsp3) is 0.314. The van der Waals surface area contributed by atoms with E-state index in [1.165, 1.54) is 13.4 Å². The average Bonchev–Trinajstić information content (AvgIpc) is 3.66. The number of hydrogen-bond donors (Lipinski definition) is 4. The van der Waals surface area contributed by atoms with Gasteiger partial charge in [-0.3, -0.25) is 29.8 Å². The first kappa shape index (κ1) is 32.1. The van der Waals surface area contributed by atoms with Crippen molar-refractivity contribution in [2.45, 2.75) is 43.9 Å². The highest BCUT2D eigenvalue weighted by Gasteiger charge is 2.47. The third-order valence-corrected chi connectivity index (χ3v) is 8.56. The molecule has 0 unspecified atom stereocenters. The topological polar surface area (TPSA) is 153 Å². The number of carbonyl (C=O) groups is 1. The van der Waals surface area contributed by atoms with Crippen LogP contribution in [0.15, 0.2) is 96.1 Å². The summed E-state index contributed by atoms with van der Waals surface area (Å²) in [7, 11) is 3.12. The van der Waals surface area contributed by atoms with Gasteiger partial charge in [0.1, 0.15) is 24.1 Å². The number of benzene rings is 3. The van der Waals surface area contributed by atoms with Gasteiger partial charge in [-0.15, -0.1) is 0 Å². The lowest BCUT2D eigenvalue weighted by Gasteiger charge is -2.38. The second kappa shape index (κ2) is 13.5. The van der Waals surface area contributed by atoms with Crippen molar-refractivity contribution in [2.75, 3.05) is 26.1 Å². The summed E-state index contributed by atoms with van der Waals surface area (Å²) < 4.78 is 19.3. The molecule has 3 aromatic carbocycles. The summed E-state index contributed by atoms with van der Waals surface area (Å²) in [4.78, 5) is 36.5. The Morgan fingerprint density at radius 3 is 2.19 bits per heavy atom. The first-order valence-corrected chi connectivity index (χ1v) is 15.4. The first-order valence-electron chi connectivity index (χ1n) is 15.4. The lowest BCUT2D eigenvalue weighted by molar-refractivity contribution is -0.118. The number of aliphatic hydroxyl groups excluding tert-OH is 1. The third-order valence-electron chi connectivity index (χ3n) is 8.56. The molecule has 0 aliphatic carbocycles. The van der Waals surface area contributed by atoms with E-state index in [0.717, 1.165) is 22.4 Å². The number of aliphatic hydroxyl groups is 1. The van der Waals surface area contributed by atoms with Crippen LogP contribution in [-0.2, 0) is 19.8 Å². The van der Waals surface area contributed by atoms with E-state index in [1.807, 2.05) is 60.7 Å². The highest BCUT2D eigenvalue weighted by atomic mass is 16.6. The summed E-state index contributed by atoms with van der Waals surface area (Å²) >= 11 is 0. The van der Waals surface area contributed by atoms with E-state index in [0.29, 0.717) is 0 Å². The Bertz CT molecular complexity index is 1840. The highest BCUT2D eigenvalue weighted by Crippen LogP contribution is 2.39. The molecule has 1 aliphatic heterocycles. The van der Waals surface area contributed by atoms with E-state index >= 15 is 0 Å². The molecule has 1 saturated heterocycles. The van der Waals surface area contributed by atoms with Gasteiger partial charge >= 0.3 is 0 Å². The number of rotatable bonds is 11. The van der Waals surface area contributed by atoms with Gasteiger partial charge in [0.15, 0.2) is 17.4 Å². The molecule has 1 amide bonds. The van der Waals surface area contributed by atoms with E-state index in [-0.39, 0.29) is 35.5 Å². The van der Waals surface area contributed by atoms with E-state index in [4.69, 9.17) is 14.2 Å². The van der Waals surface area contributed by atoms with E-state index in [2.05, 4.69) is 49.9 Å². The summed E-state index contributed by atoms with van der Waals surface area (Å²) in [5.74, 6) is 0.0982. The van der Waals surface area contributed by atoms with Crippen molar-refractivity contribution < 1.29 is 24.1 Å². The summed E-state index contributed by atoms with van der Waals surface area (Å²) in [5, 5.41) is 18.0. The molecule has 5 aromatic rings. The Kier molecular flexibility index (Phi) is 9.19. The molecule has 4 atom stereocenters. The minimum Gasteiger partial charge on any atom is -0.497 e. The molecule has 12 heteroatoms. The van der Waals surface area contributed by atoms with Crippen molar-refractivity contribution in [1.82, 2.24) is 24.8 Å². The molecule has 4 N–H and O–H groups in total. The molecule has 1 fully saturated rings. The molecule has 244 valence electrons. The standard InChI is InChI=1S/C35H38N6O6/c1-21(2)31(43)39-34-38-30-27(32(44)40-34)36-20-41(30)33-29(46-4)28(42)26(47-33)19-37-35(22-11-7-5-8-12-22,23-13-9-6-10-14-23)24-15-17-25(45-3)18-16-24/h5-18,20-21,26,28-29,33,37,42H,19H2,1-4H3,(H2,38,39,40,43,44)/t26-,28-,29-,33-/m1/s1. The molecule has 0 spiro atoms. The Hall–Kier alpha value is -4.88. The van der Waals surface area contributed by atoms with Gasteiger partial charge in [0.2, 0.25) is 11.9 Å². The first-order chi connectivity index (χ1) is 22.8. The molecule has 0 saturated carbocycles. The smallest absolute Gasteiger partial charge is 0.280 e. The zero-order valence-electron chi connectivity index (χ0n) is 26.6. The fourth-order valence-electron chi connectivity index (χ4n) is 6.08. The van der Waals surface area contributed by atoms with Crippen molar-refractivity contribution in [3.8, 4) is 5.75 Å². The Morgan fingerprint density at radius 2 is 1.62 bits per heavy atom. The van der Waals surface area contributed by atoms with Gasteiger partial charge in [-0.2, -0.15) is 4.98 Å². The van der Waals surface area contributed by atoms with Crippen LogP contribution in [0.5, 0.6) is 5.75 Å². The molecule has 6 rings (SSSR count). The number of hydrogen-bond acceptors (Lipinski definition) is 9. The molecule has 1 aliphatic rings. The lowest BCUT2D eigenvalue weighted by atomic mass is 9.76. The number of aromatic amines is 1. The quantitative estimate of drug-likeness (QED) is 0.159. The molecule has 3 heterocycles. The number of carbonyl (C=O) groups excluding carboxylic acids is 1. The fourth-order valence-corrected chi connectivity index (χ4v) is 6.08. The Balaban J connectivity index is 1.36. The molecular weight excluding hydrogens is 600 g/mol. The number of nitrogens with zero attached hydrogens (tertiary/aromatic N) is 3. The van der Waals surface area contributed by atoms with Gasteiger partial charge in [-0.1, -0.05) is 86.6 Å². The van der Waals surface area contributed by atoms with Gasteiger partial charge in [-0.25, -0.2) is 4.98 Å². The van der Waals surface area contributed by atoms with Crippen LogP contribution in [0, 0.1) is 5.92 Å². The number of H-pyrrole nitrogens is 1. The minimum atomic E-state index is -1.06. The van der Waals surface area contributed by atoms with Crippen LogP contribution in [0.2, 0.25) is 0 Å². The largest absolute Gasteiger partial charge is 0.497 e. The van der Waals surface area contributed by atoms with Crippen LogP contribution >= 0.6 is 0 Å². The normalized spacial score (nSPS) is 19.7. The van der Waals surface area contributed by atoms with Crippen LogP contribution in [-0.4, -0.2) is 69.6 Å². The summed E-state index contributed by atoms with van der Waals surface area (Å²) in [6.45, 7) is 3.68. The summed E-state index contributed by atoms with van der Waals surface area (Å²) in [6.07, 6.45) is -2.07. The second-order valence-corrected chi connectivity index (χ2v) is 11.7. The molecular formula is C35H38N6O6. The maximum Gasteiger partial charge on any atom is 0.280 e. The SMILES string of the molecule is COc1ccc(C(NC[C@H]2O[C@@H](n3cnc4c(=O)[nH]c(NC(=O)C(C)C)nc43)[C@H](OC)[C@@H]2O)(c2ccccc2)c2ccccc2)cc1. The zero-order chi connectivity index (χ0) is 33.1. The lowest BCUT2D eigenvalue weighted by Crippen LogP contribution is -2.49. The number of fused-ring (bicyclic) bond motifs is 1. The van der Waals surface area contributed by atoms with Crippen molar-refractivity contribution >= 4 is 23.0 Å². The number of aromatic nitrogens is 4. The Labute approximate surface area is 271 Å². The average molecular weight is 639 g/mol. The monoisotopic (exact) mass is 638 g/mol. The van der Waals surface area contributed by atoms with Crippen molar-refractivity contribution in [2.24, 2.45) is 5.92 Å². The van der Waals surface area contributed by atoms with Crippen molar-refractivity contribution in [3.63, 3.8) is 0 Å². The number of nitrogens with one attached hydrogen (secondary N) is 3. The van der Waals surface area contributed by atoms with E-state index < -0.39 is 35.6 Å². The zero-order valence-corrected chi connectivity index (χ0v) is 26.6. The van der Waals surface area contributed by atoms with E-state index in [1.54, 1.807) is 25.5 Å². The van der Waals surface area contributed by atoms with Crippen LogP contribution in [0.4, 0.5) is 5.95 Å². The maximum atomic E-state index is 12.9. The molecule has 2 aromatic heterocycles. The molecule has 0 bridgehead atoms. The highest BCUT2D eigenvalue weighted by molar-refractivity contribution is 5.91. The number of amides is 1. The minimum absolute atomic E-state index is 0.0105. The van der Waals surface area contributed by atoms with Gasteiger partial charge in [-0.05, 0) is 28.8 Å². The molecule has 12 nitrogen and oxygen atoms in total. The van der Waals surface area contributed by atoms with Gasteiger partial charge in [0.05, 0.1) is 19.0 Å².